The number of nitrogens with one attached hydrogen (secondary N) is 1. The van der Waals surface area contributed by atoms with Gasteiger partial charge >= 0.3 is 5.97 Å². The Bertz CT molecular complexity index is 1140. The summed E-state index contributed by atoms with van der Waals surface area (Å²) in [6.07, 6.45) is 2.05. The molecule has 0 spiro atoms. The highest BCUT2D eigenvalue weighted by Crippen LogP contribution is 2.28. The number of rotatable bonds is 10. The van der Waals surface area contributed by atoms with Gasteiger partial charge in [-0.2, -0.15) is 0 Å². The summed E-state index contributed by atoms with van der Waals surface area (Å²) >= 11 is 0. The molecule has 10 nitrogen and oxygen atoms in total. The van der Waals surface area contributed by atoms with Gasteiger partial charge in [-0.25, -0.2) is 9.69 Å². The SMILES string of the molecule is COc1ccc(C(=O)COC(=O)c2ccc(N3C(=O)CC(NCC4CCCO4)C3=O)cc2)cc1OC. The standard InChI is InChI=1S/C26H28N2O8/c1-33-22-10-7-17(12-23(22)34-2)21(29)15-36-26(32)16-5-8-18(9-6-16)28-24(30)13-20(25(28)31)27-14-19-4-3-11-35-19/h5-10,12,19-20,27H,3-4,11,13-15H2,1-2H3. The molecule has 2 aliphatic heterocycles. The predicted octanol–water partition coefficient (Wildman–Crippen LogP) is 2.14. The Labute approximate surface area is 208 Å². The minimum Gasteiger partial charge on any atom is -0.493 e. The first-order valence-corrected chi connectivity index (χ1v) is 11.7. The van der Waals surface area contributed by atoms with Crippen LogP contribution in [0.2, 0.25) is 0 Å². The van der Waals surface area contributed by atoms with Crippen molar-refractivity contribution in [3.63, 3.8) is 0 Å². The van der Waals surface area contributed by atoms with E-state index in [1.165, 1.54) is 44.6 Å². The number of methoxy groups -OCH3 is 2. The maximum atomic E-state index is 12.8. The fourth-order valence-electron chi connectivity index (χ4n) is 4.20. The van der Waals surface area contributed by atoms with E-state index in [1.807, 2.05) is 0 Å². The van der Waals surface area contributed by atoms with E-state index in [0.717, 1.165) is 24.3 Å². The van der Waals surface area contributed by atoms with Crippen LogP contribution in [0.4, 0.5) is 5.69 Å². The average molecular weight is 497 g/mol. The van der Waals surface area contributed by atoms with Gasteiger partial charge in [-0.05, 0) is 55.3 Å². The Kier molecular flexibility index (Phi) is 7.97. The predicted molar refractivity (Wildman–Crippen MR) is 128 cm³/mol. The van der Waals surface area contributed by atoms with Crippen LogP contribution in [0.15, 0.2) is 42.5 Å². The summed E-state index contributed by atoms with van der Waals surface area (Å²) in [6.45, 7) is 0.775. The van der Waals surface area contributed by atoms with Crippen molar-refractivity contribution in [2.45, 2.75) is 31.4 Å². The lowest BCUT2D eigenvalue weighted by molar-refractivity contribution is -0.121. The van der Waals surface area contributed by atoms with E-state index >= 15 is 0 Å². The maximum Gasteiger partial charge on any atom is 0.338 e. The first kappa shape index (κ1) is 25.3. The zero-order valence-corrected chi connectivity index (χ0v) is 20.2. The molecule has 2 heterocycles. The van der Waals surface area contributed by atoms with Gasteiger partial charge in [-0.15, -0.1) is 0 Å². The van der Waals surface area contributed by atoms with E-state index in [-0.39, 0.29) is 29.9 Å². The van der Waals surface area contributed by atoms with Gasteiger partial charge in [-0.3, -0.25) is 14.4 Å². The molecule has 2 fully saturated rings. The van der Waals surface area contributed by atoms with E-state index in [2.05, 4.69) is 5.32 Å². The van der Waals surface area contributed by atoms with Crippen LogP contribution < -0.4 is 19.7 Å². The van der Waals surface area contributed by atoms with Crippen molar-refractivity contribution in [3.8, 4) is 11.5 Å². The third-order valence-electron chi connectivity index (χ3n) is 6.16. The number of ether oxygens (including phenoxy) is 4. The highest BCUT2D eigenvalue weighted by Gasteiger charge is 2.39. The van der Waals surface area contributed by atoms with E-state index in [1.54, 1.807) is 12.1 Å². The van der Waals surface area contributed by atoms with Gasteiger partial charge < -0.3 is 24.3 Å². The zero-order chi connectivity index (χ0) is 25.7. The minimum atomic E-state index is -0.703. The fourth-order valence-corrected chi connectivity index (χ4v) is 4.20. The molecule has 0 saturated carbocycles. The molecular formula is C26H28N2O8. The lowest BCUT2D eigenvalue weighted by Gasteiger charge is -2.17. The summed E-state index contributed by atoms with van der Waals surface area (Å²) in [5.74, 6) is -0.901. The number of hydrogen-bond acceptors (Lipinski definition) is 9. The molecule has 1 N–H and O–H groups in total. The molecule has 2 aromatic rings. The molecule has 0 aromatic heterocycles. The summed E-state index contributed by atoms with van der Waals surface area (Å²) in [5, 5.41) is 3.13. The van der Waals surface area contributed by atoms with Gasteiger partial charge in [0.1, 0.15) is 0 Å². The average Bonchev–Trinajstić information content (AvgIpc) is 3.52. The van der Waals surface area contributed by atoms with Crippen LogP contribution in [0, 0.1) is 0 Å². The Morgan fingerprint density at radius 2 is 1.75 bits per heavy atom. The van der Waals surface area contributed by atoms with Crippen LogP contribution in [0.3, 0.4) is 0 Å². The normalized spacial score (nSPS) is 19.4. The number of ketones is 1. The number of carbonyl (C=O) groups excluding carboxylic acids is 4. The summed E-state index contributed by atoms with van der Waals surface area (Å²) < 4.78 is 21.0. The van der Waals surface area contributed by atoms with Crippen LogP contribution in [0.5, 0.6) is 11.5 Å². The third-order valence-corrected chi connectivity index (χ3v) is 6.16. The first-order chi connectivity index (χ1) is 17.4. The number of anilines is 1. The van der Waals surface area contributed by atoms with E-state index in [0.29, 0.717) is 29.3 Å². The van der Waals surface area contributed by atoms with E-state index in [9.17, 15) is 19.2 Å². The molecule has 4 rings (SSSR count). The number of amides is 2. The second kappa shape index (κ2) is 11.3. The van der Waals surface area contributed by atoms with Crippen LogP contribution in [0.25, 0.3) is 0 Å². The lowest BCUT2D eigenvalue weighted by atomic mass is 10.1. The molecule has 2 saturated heterocycles. The number of Topliss-reactive ketones (excluding diaryl/α,β-unsaturated/α-hetero) is 1. The number of nitrogens with zero attached hydrogens (tertiary/aromatic N) is 1. The quantitative estimate of drug-likeness (QED) is 0.300. The molecule has 190 valence electrons. The Hall–Kier alpha value is -3.76. The number of hydrogen-bond donors (Lipinski definition) is 1. The van der Waals surface area contributed by atoms with E-state index in [4.69, 9.17) is 18.9 Å². The summed E-state index contributed by atoms with van der Waals surface area (Å²) in [6, 6.07) is 9.97. The van der Waals surface area contributed by atoms with Gasteiger partial charge in [0.2, 0.25) is 5.91 Å². The largest absolute Gasteiger partial charge is 0.493 e. The Morgan fingerprint density at radius 3 is 2.42 bits per heavy atom. The molecule has 2 amide bonds. The molecule has 0 bridgehead atoms. The van der Waals surface area contributed by atoms with Crippen molar-refractivity contribution in [1.29, 1.82) is 0 Å². The monoisotopic (exact) mass is 496 g/mol. The number of imide groups is 1. The van der Waals surface area contributed by atoms with Crippen LogP contribution in [-0.4, -0.2) is 69.7 Å². The van der Waals surface area contributed by atoms with Crippen LogP contribution in [-0.2, 0) is 19.1 Å². The first-order valence-electron chi connectivity index (χ1n) is 11.7. The molecular weight excluding hydrogens is 468 g/mol. The smallest absolute Gasteiger partial charge is 0.338 e. The van der Waals surface area contributed by atoms with Crippen LogP contribution in [0.1, 0.15) is 40.0 Å². The number of esters is 1. The Morgan fingerprint density at radius 1 is 1.03 bits per heavy atom. The molecule has 0 radical (unpaired) electrons. The second-order valence-electron chi connectivity index (χ2n) is 8.48. The highest BCUT2D eigenvalue weighted by molar-refractivity contribution is 6.22. The molecule has 2 atom stereocenters. The van der Waals surface area contributed by atoms with Crippen molar-refractivity contribution in [3.05, 3.63) is 53.6 Å². The third kappa shape index (κ3) is 5.55. The van der Waals surface area contributed by atoms with E-state index < -0.39 is 24.4 Å². The van der Waals surface area contributed by atoms with Crippen molar-refractivity contribution in [2.75, 3.05) is 38.9 Å². The molecule has 2 unspecified atom stereocenters. The molecule has 2 aromatic carbocycles. The maximum absolute atomic E-state index is 12.8. The van der Waals surface area contributed by atoms with Crippen molar-refractivity contribution in [1.82, 2.24) is 5.32 Å². The fraction of sp³-hybridized carbons (Fsp3) is 0.385. The van der Waals surface area contributed by atoms with Crippen molar-refractivity contribution in [2.24, 2.45) is 0 Å². The second-order valence-corrected chi connectivity index (χ2v) is 8.48. The summed E-state index contributed by atoms with van der Waals surface area (Å²) in [5.41, 5.74) is 0.861. The number of benzene rings is 2. The van der Waals surface area contributed by atoms with Gasteiger partial charge in [0.05, 0.1) is 44.0 Å². The topological polar surface area (TPSA) is 120 Å². The summed E-state index contributed by atoms with van der Waals surface area (Å²) in [7, 11) is 2.95. The van der Waals surface area contributed by atoms with Gasteiger partial charge in [0.15, 0.2) is 23.9 Å². The lowest BCUT2D eigenvalue weighted by Crippen LogP contribution is -2.41. The Balaban J connectivity index is 1.33. The van der Waals surface area contributed by atoms with Gasteiger partial charge in [0.25, 0.3) is 5.91 Å². The molecule has 36 heavy (non-hydrogen) atoms. The van der Waals surface area contributed by atoms with Gasteiger partial charge in [0, 0.05) is 18.7 Å². The zero-order valence-electron chi connectivity index (χ0n) is 20.2. The van der Waals surface area contributed by atoms with Gasteiger partial charge in [-0.1, -0.05) is 0 Å². The van der Waals surface area contributed by atoms with Crippen LogP contribution >= 0.6 is 0 Å². The van der Waals surface area contributed by atoms with Crippen molar-refractivity contribution >= 4 is 29.3 Å². The molecule has 10 heteroatoms. The van der Waals surface area contributed by atoms with Crippen molar-refractivity contribution < 1.29 is 38.1 Å². The highest BCUT2D eigenvalue weighted by atomic mass is 16.5. The number of carbonyl (C=O) groups is 4. The molecule has 2 aliphatic rings. The molecule has 0 aliphatic carbocycles. The minimum absolute atomic E-state index is 0.0610. The summed E-state index contributed by atoms with van der Waals surface area (Å²) in [4.78, 5) is 51.3.